The van der Waals surface area contributed by atoms with E-state index in [1.807, 2.05) is 6.08 Å². The molecule has 0 aromatic rings. The highest BCUT2D eigenvalue weighted by molar-refractivity contribution is 5.76. The largest absolute Gasteiger partial charge is 0.394 e. The number of unbranched alkanes of at least 4 members (excludes halogenated alkanes) is 37. The van der Waals surface area contributed by atoms with E-state index in [0.717, 1.165) is 122 Å². The Bertz CT molecular complexity index is 2170. The lowest BCUT2D eigenvalue weighted by Crippen LogP contribution is -2.65. The molecule has 12 atom stereocenters. The van der Waals surface area contributed by atoms with Gasteiger partial charge < -0.3 is 65.1 Å². The van der Waals surface area contributed by atoms with Crippen LogP contribution in [0.2, 0.25) is 0 Å². The Kier molecular flexibility index (Phi) is 64.3. The quantitative estimate of drug-likeness (QED) is 0.0204. The van der Waals surface area contributed by atoms with Gasteiger partial charge in [-0.15, -0.1) is 0 Å². The van der Waals surface area contributed by atoms with Crippen molar-refractivity contribution in [3.8, 4) is 0 Å². The van der Waals surface area contributed by atoms with Crippen molar-refractivity contribution >= 4 is 5.91 Å². The van der Waals surface area contributed by atoms with Crippen LogP contribution in [0.5, 0.6) is 0 Å². The van der Waals surface area contributed by atoms with Crippen molar-refractivity contribution in [2.24, 2.45) is 0 Å². The number of allylic oxidation sites excluding steroid dienone is 19. The number of rotatable bonds is 68. The second kappa shape index (κ2) is 69.4. The zero-order valence-corrected chi connectivity index (χ0v) is 63.9. The van der Waals surface area contributed by atoms with Gasteiger partial charge in [0.1, 0.15) is 48.8 Å². The van der Waals surface area contributed by atoms with E-state index in [0.29, 0.717) is 6.42 Å². The van der Waals surface area contributed by atoms with Crippen LogP contribution in [0.25, 0.3) is 0 Å². The Morgan fingerprint density at radius 1 is 0.366 bits per heavy atom. The summed E-state index contributed by atoms with van der Waals surface area (Å²) in [6.07, 6.45) is 85.6. The molecule has 0 aliphatic carbocycles. The van der Waals surface area contributed by atoms with E-state index in [-0.39, 0.29) is 18.9 Å². The molecule has 2 saturated heterocycles. The molecule has 2 fully saturated rings. The molecule has 582 valence electrons. The first-order valence-corrected chi connectivity index (χ1v) is 41.3. The van der Waals surface area contributed by atoms with Crippen molar-refractivity contribution in [1.82, 2.24) is 5.32 Å². The van der Waals surface area contributed by atoms with Gasteiger partial charge in [-0.05, 0) is 89.9 Å². The smallest absolute Gasteiger partial charge is 0.220 e. The van der Waals surface area contributed by atoms with E-state index in [4.69, 9.17) is 18.9 Å². The van der Waals surface area contributed by atoms with Gasteiger partial charge in [0, 0.05) is 6.42 Å². The number of aliphatic hydroxyl groups excluding tert-OH is 8. The lowest BCUT2D eigenvalue weighted by molar-refractivity contribution is -0.359. The van der Waals surface area contributed by atoms with E-state index in [1.165, 1.54) is 180 Å². The molecule has 0 aromatic carbocycles. The average Bonchev–Trinajstić information content (AvgIpc) is 0.791. The predicted octanol–water partition coefficient (Wildman–Crippen LogP) is 19.2. The van der Waals surface area contributed by atoms with E-state index < -0.39 is 86.8 Å². The first-order chi connectivity index (χ1) is 49.6. The number of hydrogen-bond acceptors (Lipinski definition) is 13. The first-order valence-electron chi connectivity index (χ1n) is 41.3. The van der Waals surface area contributed by atoms with Gasteiger partial charge in [0.2, 0.25) is 5.91 Å². The van der Waals surface area contributed by atoms with E-state index in [2.05, 4.69) is 129 Å². The molecule has 14 heteroatoms. The SMILES string of the molecule is CC/C=C\C/C=C\C/C=C\C/C=C\C/C=C\C/C=C\C/C=C\C/C=C\C/C=C\CCCCCCCCCC(=O)NC(COC1OC(CO)C(OC2OC(CO)C(O)C(O)C2O)C(O)C1O)C(O)/C=C/CCCCCCCCCCCCCCCCCCCCCCCCCCCCCCCC. The Balaban J connectivity index is 1.64. The molecule has 9 N–H and O–H groups in total. The highest BCUT2D eigenvalue weighted by Gasteiger charge is 2.51. The van der Waals surface area contributed by atoms with E-state index in [1.54, 1.807) is 6.08 Å². The summed E-state index contributed by atoms with van der Waals surface area (Å²) < 4.78 is 22.9. The molecule has 0 radical (unpaired) electrons. The topological polar surface area (TPSA) is 228 Å². The molecule has 0 aromatic heterocycles. The maximum absolute atomic E-state index is 13.4. The Morgan fingerprint density at radius 3 is 1.05 bits per heavy atom. The van der Waals surface area contributed by atoms with Gasteiger partial charge in [0.25, 0.3) is 0 Å². The lowest BCUT2D eigenvalue weighted by atomic mass is 9.97. The fourth-order valence-corrected chi connectivity index (χ4v) is 12.9. The van der Waals surface area contributed by atoms with Crippen LogP contribution < -0.4 is 5.32 Å². The third kappa shape index (κ3) is 52.1. The van der Waals surface area contributed by atoms with Crippen LogP contribution in [0.3, 0.4) is 0 Å². The van der Waals surface area contributed by atoms with Crippen molar-refractivity contribution in [2.75, 3.05) is 19.8 Å². The molecular weight excluding hydrogens is 1270 g/mol. The van der Waals surface area contributed by atoms with Crippen molar-refractivity contribution in [2.45, 2.75) is 402 Å². The summed E-state index contributed by atoms with van der Waals surface area (Å²) in [7, 11) is 0. The number of ether oxygens (including phenoxy) is 4. The van der Waals surface area contributed by atoms with Crippen LogP contribution in [0, 0.1) is 0 Å². The Labute approximate surface area is 616 Å². The van der Waals surface area contributed by atoms with Crippen LogP contribution in [-0.2, 0) is 23.7 Å². The maximum Gasteiger partial charge on any atom is 0.220 e. The Morgan fingerprint density at radius 2 is 0.683 bits per heavy atom. The van der Waals surface area contributed by atoms with E-state index >= 15 is 0 Å². The molecule has 14 nitrogen and oxygen atoms in total. The molecule has 101 heavy (non-hydrogen) atoms. The van der Waals surface area contributed by atoms with Crippen LogP contribution >= 0.6 is 0 Å². The number of amides is 1. The predicted molar refractivity (Wildman–Crippen MR) is 419 cm³/mol. The molecule has 0 saturated carbocycles. The minimum atomic E-state index is -1.80. The molecule has 2 rings (SSSR count). The number of carbonyl (C=O) groups is 1. The molecule has 1 amide bonds. The normalized spacial score (nSPS) is 22.4. The number of hydrogen-bond donors (Lipinski definition) is 9. The van der Waals surface area contributed by atoms with Gasteiger partial charge in [0.05, 0.1) is 32.0 Å². The van der Waals surface area contributed by atoms with Gasteiger partial charge in [-0.25, -0.2) is 0 Å². The molecule has 2 heterocycles. The summed E-state index contributed by atoms with van der Waals surface area (Å²) in [6, 6.07) is -0.932. The number of nitrogens with one attached hydrogen (secondary N) is 1. The lowest BCUT2D eigenvalue weighted by Gasteiger charge is -2.46. The third-order valence-corrected chi connectivity index (χ3v) is 19.4. The maximum atomic E-state index is 13.4. The minimum absolute atomic E-state index is 0.251. The highest BCUT2D eigenvalue weighted by atomic mass is 16.7. The van der Waals surface area contributed by atoms with E-state index in [9.17, 15) is 45.6 Å². The summed E-state index contributed by atoms with van der Waals surface area (Å²) in [6.45, 7) is 2.71. The summed E-state index contributed by atoms with van der Waals surface area (Å²) in [5.74, 6) is -0.251. The first kappa shape index (κ1) is 93.5. The fourth-order valence-electron chi connectivity index (χ4n) is 12.9. The van der Waals surface area contributed by atoms with Gasteiger partial charge in [-0.2, -0.15) is 0 Å². The van der Waals surface area contributed by atoms with Gasteiger partial charge in [0.15, 0.2) is 12.6 Å². The second-order valence-electron chi connectivity index (χ2n) is 28.5. The van der Waals surface area contributed by atoms with Gasteiger partial charge in [-0.1, -0.05) is 354 Å². The number of carbonyl (C=O) groups excluding carboxylic acids is 1. The van der Waals surface area contributed by atoms with Crippen LogP contribution in [0.1, 0.15) is 328 Å². The third-order valence-electron chi connectivity index (χ3n) is 19.4. The van der Waals surface area contributed by atoms with Crippen LogP contribution in [-0.4, -0.2) is 140 Å². The second-order valence-corrected chi connectivity index (χ2v) is 28.5. The zero-order chi connectivity index (χ0) is 73.0. The molecule has 0 bridgehead atoms. The highest BCUT2D eigenvalue weighted by Crippen LogP contribution is 2.30. The van der Waals surface area contributed by atoms with Gasteiger partial charge in [-0.3, -0.25) is 4.79 Å². The van der Waals surface area contributed by atoms with Crippen molar-refractivity contribution in [1.29, 1.82) is 0 Å². The summed E-state index contributed by atoms with van der Waals surface area (Å²) in [5.41, 5.74) is 0. The zero-order valence-electron chi connectivity index (χ0n) is 63.9. The molecule has 12 unspecified atom stereocenters. The summed E-state index contributed by atoms with van der Waals surface area (Å²) >= 11 is 0. The fraction of sp³-hybridized carbons (Fsp3) is 0.759. The minimum Gasteiger partial charge on any atom is -0.394 e. The number of aliphatic hydroxyl groups is 8. The standard InChI is InChI=1S/C87H151NO13/c1-3-5-7-9-11-13-15-17-19-21-23-25-27-29-31-33-35-37-38-39-41-43-45-47-49-51-53-55-57-59-61-63-65-67-69-71-79(92)88-75(74-98-86-84(97)82(95)85(78(73-90)100-86)101-87-83(96)81(94)80(93)77(72-89)99-87)76(91)70-68-66-64-62-60-58-56-54-52-50-48-46-44-42-40-36-34-32-30-28-26-24-22-20-18-16-14-12-10-8-6-4-2/h5,7,11,13,17,19,23,25,29,31,35,37,39,41,45,47,51,53,68,70,75-78,80-87,89-91,93-97H,3-4,6,8-10,12,14-16,18,20-22,24,26-28,30,32-34,36,38,40,42-44,46,48-50,52,54-67,69,71-74H2,1-2H3,(H,88,92)/b7-5-,13-11-,19-17-,25-23-,31-29-,37-35-,41-39-,47-45-,53-51-,70-68+. The van der Waals surface area contributed by atoms with Crippen LogP contribution in [0.4, 0.5) is 0 Å². The molecule has 0 spiro atoms. The van der Waals surface area contributed by atoms with Crippen LogP contribution in [0.15, 0.2) is 122 Å². The summed E-state index contributed by atoms with van der Waals surface area (Å²) in [5, 5.41) is 87.7. The van der Waals surface area contributed by atoms with Crippen molar-refractivity contribution in [3.05, 3.63) is 122 Å². The molecular formula is C87H151NO13. The molecule has 2 aliphatic heterocycles. The Hall–Kier alpha value is -3.61. The monoisotopic (exact) mass is 1420 g/mol. The molecule has 2 aliphatic rings. The summed E-state index contributed by atoms with van der Waals surface area (Å²) in [4.78, 5) is 13.4. The van der Waals surface area contributed by atoms with Crippen molar-refractivity contribution < 1.29 is 64.6 Å². The van der Waals surface area contributed by atoms with Gasteiger partial charge >= 0.3 is 0 Å². The van der Waals surface area contributed by atoms with Crippen molar-refractivity contribution in [3.63, 3.8) is 0 Å². The average molecular weight is 1420 g/mol.